The lowest BCUT2D eigenvalue weighted by molar-refractivity contribution is 0.0673. The fourth-order valence-corrected chi connectivity index (χ4v) is 1.81. The van der Waals surface area contributed by atoms with Crippen LogP contribution in [0.1, 0.15) is 13.3 Å². The highest BCUT2D eigenvalue weighted by molar-refractivity contribution is 5.70. The number of benzene rings is 1. The number of rotatable bonds is 1. The van der Waals surface area contributed by atoms with Crippen molar-refractivity contribution in [3.8, 4) is 5.75 Å². The highest BCUT2D eigenvalue weighted by Crippen LogP contribution is 2.12. The van der Waals surface area contributed by atoms with E-state index in [-0.39, 0.29) is 12.2 Å². The quantitative estimate of drug-likeness (QED) is 0.749. The average Bonchev–Trinajstić information content (AvgIpc) is 2.55. The van der Waals surface area contributed by atoms with Gasteiger partial charge in [-0.15, -0.1) is 0 Å². The summed E-state index contributed by atoms with van der Waals surface area (Å²) in [5.74, 6) is 0.579. The number of amides is 1. The molecule has 0 saturated carbocycles. The average molecular weight is 235 g/mol. The van der Waals surface area contributed by atoms with Crippen LogP contribution in [0.4, 0.5) is 4.79 Å². The van der Waals surface area contributed by atoms with Crippen LogP contribution in [0.15, 0.2) is 30.3 Å². The van der Waals surface area contributed by atoms with Crippen molar-refractivity contribution in [3.05, 3.63) is 30.3 Å². The summed E-state index contributed by atoms with van der Waals surface area (Å²) in [7, 11) is 0. The minimum absolute atomic E-state index is 0.0702. The molecule has 1 saturated heterocycles. The largest absolute Gasteiger partial charge is 0.415 e. The van der Waals surface area contributed by atoms with Gasteiger partial charge in [0.25, 0.3) is 0 Å². The van der Waals surface area contributed by atoms with E-state index >= 15 is 0 Å². The van der Waals surface area contributed by atoms with Gasteiger partial charge in [0.1, 0.15) is 5.75 Å². The normalized spacial score (nSPS) is 20.8. The first-order valence-electron chi connectivity index (χ1n) is 5.89. The van der Waals surface area contributed by atoms with Crippen molar-refractivity contribution in [2.45, 2.75) is 19.4 Å². The molecule has 2 rings (SSSR count). The monoisotopic (exact) mass is 235 g/mol. The van der Waals surface area contributed by atoms with Crippen molar-refractivity contribution in [1.82, 2.24) is 4.90 Å². The zero-order valence-electron chi connectivity index (χ0n) is 9.96. The topological polar surface area (TPSA) is 38.8 Å². The summed E-state index contributed by atoms with van der Waals surface area (Å²) in [5.41, 5.74) is 0. The van der Waals surface area contributed by atoms with E-state index in [0.29, 0.717) is 25.4 Å². The Morgan fingerprint density at radius 3 is 2.94 bits per heavy atom. The van der Waals surface area contributed by atoms with Crippen LogP contribution in [0.25, 0.3) is 0 Å². The molecule has 0 aromatic heterocycles. The second-order valence-electron chi connectivity index (χ2n) is 4.16. The third-order valence-electron chi connectivity index (χ3n) is 2.66. The molecule has 1 aromatic rings. The molecule has 4 nitrogen and oxygen atoms in total. The van der Waals surface area contributed by atoms with Crippen LogP contribution in [-0.2, 0) is 4.74 Å². The molecular formula is C13H17NO3. The van der Waals surface area contributed by atoms with Gasteiger partial charge in [0.15, 0.2) is 0 Å². The van der Waals surface area contributed by atoms with Gasteiger partial charge in [-0.1, -0.05) is 18.2 Å². The van der Waals surface area contributed by atoms with Gasteiger partial charge < -0.3 is 14.4 Å². The number of ether oxygens (including phenoxy) is 2. The summed E-state index contributed by atoms with van der Waals surface area (Å²) in [4.78, 5) is 13.6. The van der Waals surface area contributed by atoms with Crippen LogP contribution in [0, 0.1) is 0 Å². The Kier molecular flexibility index (Phi) is 3.98. The third kappa shape index (κ3) is 3.46. The molecule has 1 heterocycles. The second kappa shape index (κ2) is 5.68. The molecule has 1 fully saturated rings. The standard InChI is InChI=1S/C13H17NO3/c1-11-10-14(8-5-9-16-11)13(15)17-12-6-3-2-4-7-12/h2-4,6-7,11H,5,8-10H2,1H3. The van der Waals surface area contributed by atoms with Crippen LogP contribution in [-0.4, -0.2) is 36.8 Å². The Bertz CT molecular complexity index is 366. The molecule has 4 heteroatoms. The Labute approximate surface area is 101 Å². The predicted octanol–water partition coefficient (Wildman–Crippen LogP) is 2.30. The Hall–Kier alpha value is -1.55. The molecular weight excluding hydrogens is 218 g/mol. The zero-order chi connectivity index (χ0) is 12.1. The van der Waals surface area contributed by atoms with E-state index in [1.165, 1.54) is 0 Å². The van der Waals surface area contributed by atoms with Gasteiger partial charge in [-0.25, -0.2) is 4.79 Å². The number of hydrogen-bond donors (Lipinski definition) is 0. The Balaban J connectivity index is 1.95. The number of carbonyl (C=O) groups excluding carboxylic acids is 1. The highest BCUT2D eigenvalue weighted by atomic mass is 16.6. The van der Waals surface area contributed by atoms with Gasteiger partial charge in [0.2, 0.25) is 0 Å². The van der Waals surface area contributed by atoms with E-state index in [9.17, 15) is 4.79 Å². The zero-order valence-corrected chi connectivity index (χ0v) is 9.96. The van der Waals surface area contributed by atoms with E-state index in [0.717, 1.165) is 6.42 Å². The lowest BCUT2D eigenvalue weighted by Crippen LogP contribution is -2.37. The van der Waals surface area contributed by atoms with E-state index < -0.39 is 0 Å². The summed E-state index contributed by atoms with van der Waals surface area (Å²) in [5, 5.41) is 0. The third-order valence-corrected chi connectivity index (χ3v) is 2.66. The molecule has 92 valence electrons. The SMILES string of the molecule is CC1CN(C(=O)Oc2ccccc2)CCCO1. The summed E-state index contributed by atoms with van der Waals surface area (Å²) in [6.45, 7) is 3.95. The number of nitrogens with zero attached hydrogens (tertiary/aromatic N) is 1. The maximum Gasteiger partial charge on any atom is 0.415 e. The fourth-order valence-electron chi connectivity index (χ4n) is 1.81. The maximum absolute atomic E-state index is 11.9. The smallest absolute Gasteiger partial charge is 0.410 e. The Morgan fingerprint density at radius 1 is 1.41 bits per heavy atom. The Morgan fingerprint density at radius 2 is 2.18 bits per heavy atom. The number of carbonyl (C=O) groups is 1. The summed E-state index contributed by atoms with van der Waals surface area (Å²) in [6, 6.07) is 9.12. The molecule has 0 N–H and O–H groups in total. The maximum atomic E-state index is 11.9. The van der Waals surface area contributed by atoms with Crippen molar-refractivity contribution in [3.63, 3.8) is 0 Å². The van der Waals surface area contributed by atoms with Crippen LogP contribution in [0.5, 0.6) is 5.75 Å². The first-order valence-corrected chi connectivity index (χ1v) is 5.89. The fraction of sp³-hybridized carbons (Fsp3) is 0.462. The summed E-state index contributed by atoms with van der Waals surface area (Å²) < 4.78 is 10.8. The lowest BCUT2D eigenvalue weighted by atomic mass is 10.3. The van der Waals surface area contributed by atoms with Gasteiger partial charge in [-0.2, -0.15) is 0 Å². The minimum atomic E-state index is -0.298. The molecule has 0 bridgehead atoms. The molecule has 1 aliphatic rings. The first kappa shape index (κ1) is 11.9. The van der Waals surface area contributed by atoms with Crippen molar-refractivity contribution in [2.24, 2.45) is 0 Å². The van der Waals surface area contributed by atoms with E-state index in [4.69, 9.17) is 9.47 Å². The van der Waals surface area contributed by atoms with Crippen LogP contribution < -0.4 is 4.74 Å². The van der Waals surface area contributed by atoms with Crippen molar-refractivity contribution in [2.75, 3.05) is 19.7 Å². The molecule has 1 amide bonds. The molecule has 0 spiro atoms. The molecule has 1 atom stereocenters. The molecule has 17 heavy (non-hydrogen) atoms. The van der Waals surface area contributed by atoms with E-state index in [1.807, 2.05) is 25.1 Å². The number of hydrogen-bond acceptors (Lipinski definition) is 3. The molecule has 1 aromatic carbocycles. The van der Waals surface area contributed by atoms with Crippen molar-refractivity contribution < 1.29 is 14.3 Å². The second-order valence-corrected chi connectivity index (χ2v) is 4.16. The van der Waals surface area contributed by atoms with Gasteiger partial charge in [-0.3, -0.25) is 0 Å². The van der Waals surface area contributed by atoms with Gasteiger partial charge in [0, 0.05) is 19.7 Å². The minimum Gasteiger partial charge on any atom is -0.410 e. The van der Waals surface area contributed by atoms with Crippen LogP contribution in [0.3, 0.4) is 0 Å². The van der Waals surface area contributed by atoms with Crippen molar-refractivity contribution >= 4 is 6.09 Å². The van der Waals surface area contributed by atoms with Gasteiger partial charge >= 0.3 is 6.09 Å². The van der Waals surface area contributed by atoms with Gasteiger partial charge in [0.05, 0.1) is 6.10 Å². The van der Waals surface area contributed by atoms with Gasteiger partial charge in [-0.05, 0) is 25.5 Å². The van der Waals surface area contributed by atoms with Crippen LogP contribution in [0.2, 0.25) is 0 Å². The lowest BCUT2D eigenvalue weighted by Gasteiger charge is -2.21. The first-order chi connectivity index (χ1) is 8.25. The van der Waals surface area contributed by atoms with Crippen LogP contribution >= 0.6 is 0 Å². The summed E-state index contributed by atoms with van der Waals surface area (Å²) >= 11 is 0. The highest BCUT2D eigenvalue weighted by Gasteiger charge is 2.21. The summed E-state index contributed by atoms with van der Waals surface area (Å²) in [6.07, 6.45) is 0.628. The molecule has 1 aliphatic heterocycles. The molecule has 1 unspecified atom stereocenters. The van der Waals surface area contributed by atoms with E-state index in [2.05, 4.69) is 0 Å². The van der Waals surface area contributed by atoms with Crippen molar-refractivity contribution in [1.29, 1.82) is 0 Å². The number of para-hydroxylation sites is 1. The van der Waals surface area contributed by atoms with E-state index in [1.54, 1.807) is 17.0 Å². The predicted molar refractivity (Wildman–Crippen MR) is 64.1 cm³/mol. The molecule has 0 radical (unpaired) electrons. The molecule has 0 aliphatic carbocycles.